The Bertz CT molecular complexity index is 396. The highest BCUT2D eigenvalue weighted by molar-refractivity contribution is 6.31. The minimum atomic E-state index is -0.265. The van der Waals surface area contributed by atoms with Gasteiger partial charge in [-0.1, -0.05) is 31.0 Å². The van der Waals surface area contributed by atoms with Crippen LogP contribution in [0.4, 0.5) is 0 Å². The third-order valence-corrected chi connectivity index (χ3v) is 2.73. The summed E-state index contributed by atoms with van der Waals surface area (Å²) in [5, 5.41) is 12.6. The van der Waals surface area contributed by atoms with Crippen molar-refractivity contribution in [2.45, 2.75) is 26.3 Å². The molecule has 0 fully saturated rings. The quantitative estimate of drug-likeness (QED) is 0.591. The van der Waals surface area contributed by atoms with Crippen molar-refractivity contribution in [3.63, 3.8) is 0 Å². The molecule has 0 spiro atoms. The number of hydrogen-bond donors (Lipinski definition) is 2. The number of carbonyl (C=O) groups is 1. The van der Waals surface area contributed by atoms with Crippen LogP contribution in [-0.2, 0) is 16.1 Å². The SMILES string of the molecule is CCCCOC(=O)CNCc1ccc(O)cc1Cl. The molecule has 0 aliphatic carbocycles. The van der Waals surface area contributed by atoms with Crippen LogP contribution in [0.2, 0.25) is 5.02 Å². The predicted molar refractivity (Wildman–Crippen MR) is 70.7 cm³/mol. The molecule has 0 aliphatic heterocycles. The second-order valence-electron chi connectivity index (χ2n) is 3.95. The van der Waals surface area contributed by atoms with Gasteiger partial charge in [-0.25, -0.2) is 0 Å². The molecule has 0 heterocycles. The first-order valence-corrected chi connectivity index (χ1v) is 6.35. The van der Waals surface area contributed by atoms with Gasteiger partial charge in [0.05, 0.1) is 13.2 Å². The molecule has 100 valence electrons. The van der Waals surface area contributed by atoms with Crippen LogP contribution in [0.3, 0.4) is 0 Å². The molecule has 0 aliphatic rings. The number of rotatable bonds is 7. The number of aromatic hydroxyl groups is 1. The average molecular weight is 272 g/mol. The number of ether oxygens (including phenoxy) is 1. The normalized spacial score (nSPS) is 10.3. The summed E-state index contributed by atoms with van der Waals surface area (Å²) in [6.07, 6.45) is 1.89. The lowest BCUT2D eigenvalue weighted by Gasteiger charge is -2.07. The summed E-state index contributed by atoms with van der Waals surface area (Å²) in [6.45, 7) is 3.12. The molecule has 1 aromatic carbocycles. The van der Waals surface area contributed by atoms with Crippen LogP contribution in [0.1, 0.15) is 25.3 Å². The topological polar surface area (TPSA) is 58.6 Å². The van der Waals surface area contributed by atoms with Crippen molar-refractivity contribution in [1.82, 2.24) is 5.32 Å². The smallest absolute Gasteiger partial charge is 0.319 e. The number of phenolic OH excluding ortho intramolecular Hbond substituents is 1. The predicted octanol–water partition coefficient (Wildman–Crippen LogP) is 2.48. The molecule has 0 amide bonds. The van der Waals surface area contributed by atoms with Gasteiger partial charge in [0.25, 0.3) is 0 Å². The Morgan fingerprint density at radius 2 is 2.28 bits per heavy atom. The van der Waals surface area contributed by atoms with E-state index in [1.54, 1.807) is 12.1 Å². The Hall–Kier alpha value is -1.26. The second kappa shape index (κ2) is 7.95. The molecule has 1 aromatic rings. The highest BCUT2D eigenvalue weighted by Crippen LogP contribution is 2.21. The molecule has 0 saturated heterocycles. The summed E-state index contributed by atoms with van der Waals surface area (Å²) in [6, 6.07) is 4.74. The van der Waals surface area contributed by atoms with Gasteiger partial charge in [-0.05, 0) is 24.1 Å². The average Bonchev–Trinajstić information content (AvgIpc) is 2.32. The fraction of sp³-hybridized carbons (Fsp3) is 0.462. The van der Waals surface area contributed by atoms with Crippen LogP contribution < -0.4 is 5.32 Å². The van der Waals surface area contributed by atoms with Crippen molar-refractivity contribution in [3.8, 4) is 5.75 Å². The van der Waals surface area contributed by atoms with Gasteiger partial charge < -0.3 is 15.2 Å². The van der Waals surface area contributed by atoms with E-state index in [4.69, 9.17) is 16.3 Å². The molecule has 0 bridgehead atoms. The third kappa shape index (κ3) is 5.38. The van der Waals surface area contributed by atoms with E-state index in [2.05, 4.69) is 5.32 Å². The van der Waals surface area contributed by atoms with E-state index in [-0.39, 0.29) is 18.3 Å². The summed E-state index contributed by atoms with van der Waals surface area (Å²) in [5.74, 6) is -0.138. The Morgan fingerprint density at radius 3 is 2.94 bits per heavy atom. The molecular formula is C13H18ClNO3. The summed E-state index contributed by atoms with van der Waals surface area (Å²) in [4.78, 5) is 11.3. The zero-order valence-electron chi connectivity index (χ0n) is 10.4. The van der Waals surface area contributed by atoms with E-state index < -0.39 is 0 Å². The van der Waals surface area contributed by atoms with Crippen LogP contribution >= 0.6 is 11.6 Å². The molecule has 0 saturated carbocycles. The van der Waals surface area contributed by atoms with Gasteiger partial charge in [-0.15, -0.1) is 0 Å². The lowest BCUT2D eigenvalue weighted by atomic mass is 10.2. The van der Waals surface area contributed by atoms with Crippen molar-refractivity contribution in [1.29, 1.82) is 0 Å². The van der Waals surface area contributed by atoms with Crippen molar-refractivity contribution >= 4 is 17.6 Å². The van der Waals surface area contributed by atoms with Crippen LogP contribution in [0.5, 0.6) is 5.75 Å². The zero-order chi connectivity index (χ0) is 13.4. The standard InChI is InChI=1S/C13H18ClNO3/c1-2-3-6-18-13(17)9-15-8-10-4-5-11(16)7-12(10)14/h4-5,7,15-16H,2-3,6,8-9H2,1H3. The fourth-order valence-electron chi connectivity index (χ4n) is 1.36. The minimum Gasteiger partial charge on any atom is -0.508 e. The Balaban J connectivity index is 2.26. The molecule has 1 rings (SSSR count). The molecule has 0 aromatic heterocycles. The van der Waals surface area contributed by atoms with Crippen LogP contribution in [-0.4, -0.2) is 24.2 Å². The van der Waals surface area contributed by atoms with Gasteiger partial charge in [-0.2, -0.15) is 0 Å². The molecule has 4 nitrogen and oxygen atoms in total. The van der Waals surface area contributed by atoms with E-state index >= 15 is 0 Å². The number of nitrogens with one attached hydrogen (secondary N) is 1. The maximum absolute atomic E-state index is 11.3. The largest absolute Gasteiger partial charge is 0.508 e. The van der Waals surface area contributed by atoms with E-state index in [9.17, 15) is 9.90 Å². The molecule has 0 radical (unpaired) electrons. The van der Waals surface area contributed by atoms with Gasteiger partial charge in [0.15, 0.2) is 0 Å². The number of carbonyl (C=O) groups excluding carboxylic acids is 1. The number of halogens is 1. The van der Waals surface area contributed by atoms with E-state index in [0.29, 0.717) is 18.2 Å². The van der Waals surface area contributed by atoms with Gasteiger partial charge in [0.1, 0.15) is 5.75 Å². The lowest BCUT2D eigenvalue weighted by Crippen LogP contribution is -2.24. The number of benzene rings is 1. The molecule has 0 atom stereocenters. The van der Waals surface area contributed by atoms with Gasteiger partial charge >= 0.3 is 5.97 Å². The number of phenols is 1. The molecule has 2 N–H and O–H groups in total. The monoisotopic (exact) mass is 271 g/mol. The van der Waals surface area contributed by atoms with Crippen molar-refractivity contribution < 1.29 is 14.6 Å². The lowest BCUT2D eigenvalue weighted by molar-refractivity contribution is -0.142. The minimum absolute atomic E-state index is 0.128. The van der Waals surface area contributed by atoms with E-state index in [1.807, 2.05) is 6.92 Å². The maximum Gasteiger partial charge on any atom is 0.319 e. The first kappa shape index (κ1) is 14.8. The first-order valence-electron chi connectivity index (χ1n) is 5.97. The van der Waals surface area contributed by atoms with Crippen molar-refractivity contribution in [2.24, 2.45) is 0 Å². The highest BCUT2D eigenvalue weighted by atomic mass is 35.5. The third-order valence-electron chi connectivity index (χ3n) is 2.38. The van der Waals surface area contributed by atoms with E-state index in [1.165, 1.54) is 6.07 Å². The molecule has 0 unspecified atom stereocenters. The Kier molecular flexibility index (Phi) is 6.54. The number of unbranched alkanes of at least 4 members (excludes halogenated alkanes) is 1. The summed E-state index contributed by atoms with van der Waals surface area (Å²) in [7, 11) is 0. The number of hydrogen-bond acceptors (Lipinski definition) is 4. The number of esters is 1. The Labute approximate surface area is 112 Å². The van der Waals surface area contributed by atoms with E-state index in [0.717, 1.165) is 18.4 Å². The van der Waals surface area contributed by atoms with Crippen LogP contribution in [0.25, 0.3) is 0 Å². The summed E-state index contributed by atoms with van der Waals surface area (Å²) >= 11 is 5.93. The van der Waals surface area contributed by atoms with Gasteiger partial charge in [-0.3, -0.25) is 4.79 Å². The van der Waals surface area contributed by atoms with Crippen molar-refractivity contribution in [2.75, 3.05) is 13.2 Å². The fourth-order valence-corrected chi connectivity index (χ4v) is 1.60. The molecule has 18 heavy (non-hydrogen) atoms. The Morgan fingerprint density at radius 1 is 1.50 bits per heavy atom. The molecular weight excluding hydrogens is 254 g/mol. The first-order chi connectivity index (χ1) is 8.63. The summed E-state index contributed by atoms with van der Waals surface area (Å²) < 4.78 is 5.00. The zero-order valence-corrected chi connectivity index (χ0v) is 11.2. The highest BCUT2D eigenvalue weighted by Gasteiger charge is 2.04. The van der Waals surface area contributed by atoms with Crippen LogP contribution in [0, 0.1) is 0 Å². The van der Waals surface area contributed by atoms with Gasteiger partial charge in [0.2, 0.25) is 0 Å². The van der Waals surface area contributed by atoms with Gasteiger partial charge in [0, 0.05) is 11.6 Å². The summed E-state index contributed by atoms with van der Waals surface area (Å²) in [5.41, 5.74) is 0.829. The van der Waals surface area contributed by atoms with Crippen LogP contribution in [0.15, 0.2) is 18.2 Å². The molecule has 5 heteroatoms. The van der Waals surface area contributed by atoms with Crippen molar-refractivity contribution in [3.05, 3.63) is 28.8 Å². The second-order valence-corrected chi connectivity index (χ2v) is 4.36. The maximum atomic E-state index is 11.3.